The Morgan fingerprint density at radius 2 is 1.65 bits per heavy atom. The highest BCUT2D eigenvalue weighted by Crippen LogP contribution is 2.24. The number of aliphatic carboxylic acids is 3. The molecule has 15 nitrogen and oxygen atoms in total. The van der Waals surface area contributed by atoms with E-state index in [0.29, 0.717) is 6.61 Å². The van der Waals surface area contributed by atoms with Gasteiger partial charge in [-0.05, 0) is 44.5 Å². The van der Waals surface area contributed by atoms with E-state index in [1.165, 1.54) is 0 Å². The molecule has 0 amide bonds. The van der Waals surface area contributed by atoms with Crippen LogP contribution in [-0.4, -0.2) is 88.3 Å². The maximum atomic E-state index is 10.3. The minimum Gasteiger partial charge on any atom is -0.497 e. The maximum absolute atomic E-state index is 10.3. The third kappa shape index (κ3) is 8.42. The number of carboxylic acids is 3. The van der Waals surface area contributed by atoms with Crippen molar-refractivity contribution >= 4 is 29.4 Å². The average Bonchev–Trinajstić information content (AvgIpc) is 3.55. The molecule has 15 heteroatoms. The van der Waals surface area contributed by atoms with E-state index in [0.717, 1.165) is 58.7 Å². The van der Waals surface area contributed by atoms with Gasteiger partial charge in [0.1, 0.15) is 23.0 Å². The molecule has 5 N–H and O–H groups in total. The van der Waals surface area contributed by atoms with E-state index in [-0.39, 0.29) is 0 Å². The predicted molar refractivity (Wildman–Crippen MR) is 153 cm³/mol. The number of anilines is 1. The zero-order chi connectivity index (χ0) is 31.7. The summed E-state index contributed by atoms with van der Waals surface area (Å²) in [5.41, 5.74) is 0.912. The smallest absolute Gasteiger partial charge is 0.336 e. The maximum Gasteiger partial charge on any atom is 0.336 e. The van der Waals surface area contributed by atoms with Gasteiger partial charge in [-0.3, -0.25) is 9.59 Å². The van der Waals surface area contributed by atoms with Crippen molar-refractivity contribution < 1.29 is 44.3 Å². The number of fused-ring (bicyclic) bond motifs is 1. The molecule has 0 bridgehead atoms. The number of hydrogen-bond acceptors (Lipinski definition) is 10. The minimum atomic E-state index is -2.74. The molecule has 230 valence electrons. The average molecular weight is 599 g/mol. The number of nitrogens with zero attached hydrogens (tertiary/aromatic N) is 5. The number of aryl methyl sites for hydroxylation is 2. The van der Waals surface area contributed by atoms with Gasteiger partial charge in [-0.2, -0.15) is 9.61 Å². The van der Waals surface area contributed by atoms with Crippen LogP contribution in [0.4, 0.5) is 5.82 Å². The Bertz CT molecular complexity index is 1560. The summed E-state index contributed by atoms with van der Waals surface area (Å²) in [7, 11) is 3.61. The van der Waals surface area contributed by atoms with Gasteiger partial charge < -0.3 is 39.8 Å². The standard InChI is InChI=1S/C22H26N6O2.C6H8O7/c1-15-16(2)25-20-14-19(22-24-11-12-27(22)3)26-28(20)21(15)23-10-5-13-30-18-8-6-17(29-4)7-9-18;7-3(8)1-6(13,5(11)12)2-4(9)10/h6-9,11-12,14,23H,5,10,13H2,1-4H3;13H,1-2H2,(H,7,8)(H,9,10)(H,11,12). The van der Waals surface area contributed by atoms with Crippen molar-refractivity contribution in [2.75, 3.05) is 25.6 Å². The molecule has 0 aliphatic carbocycles. The molecule has 1 aromatic carbocycles. The lowest BCUT2D eigenvalue weighted by molar-refractivity contribution is -0.170. The number of ether oxygens (including phenoxy) is 2. The zero-order valence-corrected chi connectivity index (χ0v) is 24.1. The molecule has 43 heavy (non-hydrogen) atoms. The van der Waals surface area contributed by atoms with Crippen molar-refractivity contribution in [2.45, 2.75) is 38.7 Å². The summed E-state index contributed by atoms with van der Waals surface area (Å²) >= 11 is 0. The highest BCUT2D eigenvalue weighted by molar-refractivity contribution is 5.88. The molecule has 4 rings (SSSR count). The highest BCUT2D eigenvalue weighted by atomic mass is 16.5. The van der Waals surface area contributed by atoms with Gasteiger partial charge in [0.05, 0.1) is 26.6 Å². The first-order chi connectivity index (χ1) is 20.3. The predicted octanol–water partition coefficient (Wildman–Crippen LogP) is 2.39. The van der Waals surface area contributed by atoms with Crippen molar-refractivity contribution in [3.05, 3.63) is 54.0 Å². The second-order valence-electron chi connectivity index (χ2n) is 9.61. The lowest BCUT2D eigenvalue weighted by atomic mass is 9.96. The van der Waals surface area contributed by atoms with Crippen LogP contribution in [0.3, 0.4) is 0 Å². The molecule has 0 aliphatic heterocycles. The van der Waals surface area contributed by atoms with E-state index < -0.39 is 36.4 Å². The third-order valence-corrected chi connectivity index (χ3v) is 6.36. The van der Waals surface area contributed by atoms with E-state index in [1.54, 1.807) is 13.3 Å². The molecule has 0 saturated heterocycles. The Balaban J connectivity index is 0.000000331. The first-order valence-electron chi connectivity index (χ1n) is 13.1. The summed E-state index contributed by atoms with van der Waals surface area (Å²) in [4.78, 5) is 39.6. The van der Waals surface area contributed by atoms with Crippen LogP contribution in [0, 0.1) is 13.8 Å². The van der Waals surface area contributed by atoms with Gasteiger partial charge in [0.15, 0.2) is 17.1 Å². The Morgan fingerprint density at radius 3 is 2.19 bits per heavy atom. The van der Waals surface area contributed by atoms with Gasteiger partial charge in [-0.25, -0.2) is 14.8 Å². The largest absolute Gasteiger partial charge is 0.497 e. The Hall–Kier alpha value is -5.18. The van der Waals surface area contributed by atoms with E-state index >= 15 is 0 Å². The molecule has 0 radical (unpaired) electrons. The van der Waals surface area contributed by atoms with Crippen molar-refractivity contribution in [3.8, 4) is 23.0 Å². The zero-order valence-electron chi connectivity index (χ0n) is 24.1. The molecule has 0 unspecified atom stereocenters. The van der Waals surface area contributed by atoms with Gasteiger partial charge in [0, 0.05) is 43.3 Å². The Kier molecular flexibility index (Phi) is 10.6. The van der Waals surface area contributed by atoms with Crippen LogP contribution in [0.5, 0.6) is 11.5 Å². The third-order valence-electron chi connectivity index (χ3n) is 6.36. The van der Waals surface area contributed by atoms with Gasteiger partial charge in [-0.15, -0.1) is 0 Å². The number of imidazole rings is 1. The number of aliphatic hydroxyl groups is 1. The summed E-state index contributed by atoms with van der Waals surface area (Å²) in [5, 5.41) is 42.1. The molecule has 3 aromatic heterocycles. The van der Waals surface area contributed by atoms with Crippen LogP contribution in [-0.2, 0) is 21.4 Å². The summed E-state index contributed by atoms with van der Waals surface area (Å²) < 4.78 is 14.8. The van der Waals surface area contributed by atoms with Crippen molar-refractivity contribution in [1.29, 1.82) is 0 Å². The second-order valence-corrected chi connectivity index (χ2v) is 9.61. The summed E-state index contributed by atoms with van der Waals surface area (Å²) in [5.74, 6) is -1.60. The number of hydrogen-bond donors (Lipinski definition) is 5. The first-order valence-corrected chi connectivity index (χ1v) is 13.1. The normalized spacial score (nSPS) is 11.0. The number of carbonyl (C=O) groups is 3. The Labute approximate surface area is 246 Å². The fourth-order valence-corrected chi connectivity index (χ4v) is 3.99. The van der Waals surface area contributed by atoms with Gasteiger partial charge >= 0.3 is 17.9 Å². The van der Waals surface area contributed by atoms with E-state index in [9.17, 15) is 14.4 Å². The SMILES string of the molecule is COc1ccc(OCCCNc2c(C)c(C)nc3cc(-c4nccn4C)nn23)cc1.O=C(O)CC(O)(CC(=O)O)C(=O)O. The molecule has 0 fully saturated rings. The van der Waals surface area contributed by atoms with Crippen molar-refractivity contribution in [3.63, 3.8) is 0 Å². The lowest BCUT2D eigenvalue weighted by Crippen LogP contribution is -2.42. The molecule has 0 saturated carbocycles. The fourth-order valence-electron chi connectivity index (χ4n) is 3.99. The monoisotopic (exact) mass is 598 g/mol. The number of rotatable bonds is 13. The summed E-state index contributed by atoms with van der Waals surface area (Å²) in [6.45, 7) is 5.44. The quantitative estimate of drug-likeness (QED) is 0.140. The molecule has 0 spiro atoms. The molecule has 4 aromatic rings. The van der Waals surface area contributed by atoms with Crippen LogP contribution in [0.2, 0.25) is 0 Å². The van der Waals surface area contributed by atoms with Crippen LogP contribution in [0.25, 0.3) is 17.2 Å². The lowest BCUT2D eigenvalue weighted by Gasteiger charge is -2.18. The number of benzene rings is 1. The summed E-state index contributed by atoms with van der Waals surface area (Å²) in [6, 6.07) is 9.57. The minimum absolute atomic E-state index is 0.614. The molecular weight excluding hydrogens is 564 g/mol. The van der Waals surface area contributed by atoms with Gasteiger partial charge in [0.2, 0.25) is 0 Å². The van der Waals surface area contributed by atoms with Gasteiger partial charge in [-0.1, -0.05) is 0 Å². The number of methoxy groups -OCH3 is 1. The first kappa shape index (κ1) is 32.3. The highest BCUT2D eigenvalue weighted by Gasteiger charge is 2.40. The number of nitrogens with one attached hydrogen (secondary N) is 1. The van der Waals surface area contributed by atoms with Crippen LogP contribution in [0.15, 0.2) is 42.7 Å². The molecule has 3 heterocycles. The van der Waals surface area contributed by atoms with Crippen molar-refractivity contribution in [1.82, 2.24) is 24.1 Å². The van der Waals surface area contributed by atoms with E-state index in [4.69, 9.17) is 35.0 Å². The number of aromatic nitrogens is 5. The van der Waals surface area contributed by atoms with Crippen LogP contribution in [0.1, 0.15) is 30.5 Å². The second kappa shape index (κ2) is 14.1. The molecule has 0 aliphatic rings. The topological polar surface area (TPSA) is 211 Å². The van der Waals surface area contributed by atoms with Crippen molar-refractivity contribution in [2.24, 2.45) is 7.05 Å². The van der Waals surface area contributed by atoms with Crippen LogP contribution < -0.4 is 14.8 Å². The molecular formula is C28H34N6O9. The van der Waals surface area contributed by atoms with Crippen LogP contribution >= 0.6 is 0 Å². The van der Waals surface area contributed by atoms with Gasteiger partial charge in [0.25, 0.3) is 0 Å². The molecule has 0 atom stereocenters. The van der Waals surface area contributed by atoms with E-state index in [1.807, 2.05) is 59.6 Å². The fraction of sp³-hybridized carbons (Fsp3) is 0.357. The Morgan fingerprint density at radius 1 is 1.02 bits per heavy atom. The van der Waals surface area contributed by atoms with E-state index in [2.05, 4.69) is 22.2 Å². The number of carboxylic acid groups (broad SMARTS) is 3. The summed E-state index contributed by atoms with van der Waals surface area (Å²) in [6.07, 6.45) is 2.24.